The molecule has 4 rings (SSSR count). The zero-order valence-electron chi connectivity index (χ0n) is 18.2. The van der Waals surface area contributed by atoms with Crippen LogP contribution in [0.3, 0.4) is 0 Å². The van der Waals surface area contributed by atoms with Gasteiger partial charge in [-0.25, -0.2) is 9.37 Å². The first-order valence-electron chi connectivity index (χ1n) is 10.8. The predicted octanol–water partition coefficient (Wildman–Crippen LogP) is 4.43. The average molecular weight is 476 g/mol. The summed E-state index contributed by atoms with van der Waals surface area (Å²) in [5, 5.41) is 4.01. The molecule has 3 aromatic rings. The third-order valence-electron chi connectivity index (χ3n) is 5.33. The predicted molar refractivity (Wildman–Crippen MR) is 129 cm³/mol. The lowest BCUT2D eigenvalue weighted by atomic mass is 10.1. The minimum absolute atomic E-state index is 0.0558. The summed E-state index contributed by atoms with van der Waals surface area (Å²) in [5.41, 5.74) is 1.25. The standard InChI is InChI=1S/C22H26FN5O2S2/c1-3-9-28-20(30)18-19(25-21(32-18)27-10-5-4-6-11-27)26-22(28)31-13-17(29)24-15-8-7-14(2)16(23)12-15/h7-8,12H,3-6,9-11,13H2,1-2H3,(H,24,29). The number of thioether (sulfide) groups is 1. The highest BCUT2D eigenvalue weighted by Crippen LogP contribution is 2.29. The number of rotatable bonds is 7. The monoisotopic (exact) mass is 475 g/mol. The van der Waals surface area contributed by atoms with Crippen LogP contribution in [0, 0.1) is 12.7 Å². The molecule has 3 heterocycles. The van der Waals surface area contributed by atoms with E-state index in [0.29, 0.717) is 33.3 Å². The maximum atomic E-state index is 13.7. The van der Waals surface area contributed by atoms with Gasteiger partial charge in [0.25, 0.3) is 5.56 Å². The van der Waals surface area contributed by atoms with Gasteiger partial charge in [0.2, 0.25) is 5.91 Å². The summed E-state index contributed by atoms with van der Waals surface area (Å²) < 4.78 is 15.9. The van der Waals surface area contributed by atoms with E-state index in [1.54, 1.807) is 23.6 Å². The van der Waals surface area contributed by atoms with E-state index in [2.05, 4.69) is 20.2 Å². The molecule has 0 aliphatic carbocycles. The second kappa shape index (κ2) is 9.99. The molecule has 0 bridgehead atoms. The van der Waals surface area contributed by atoms with Crippen molar-refractivity contribution in [1.82, 2.24) is 14.5 Å². The van der Waals surface area contributed by atoms with Crippen LogP contribution in [0.4, 0.5) is 15.2 Å². The number of nitrogens with zero attached hydrogens (tertiary/aromatic N) is 4. The maximum Gasteiger partial charge on any atom is 0.273 e. The molecule has 1 N–H and O–H groups in total. The van der Waals surface area contributed by atoms with Crippen LogP contribution in [-0.2, 0) is 11.3 Å². The molecule has 0 saturated carbocycles. The lowest BCUT2D eigenvalue weighted by molar-refractivity contribution is -0.113. The number of nitrogens with one attached hydrogen (secondary N) is 1. The highest BCUT2D eigenvalue weighted by atomic mass is 32.2. The number of halogens is 1. The van der Waals surface area contributed by atoms with E-state index in [9.17, 15) is 14.0 Å². The van der Waals surface area contributed by atoms with Gasteiger partial charge in [-0.1, -0.05) is 36.1 Å². The number of aromatic nitrogens is 3. The van der Waals surface area contributed by atoms with Crippen molar-refractivity contribution >= 4 is 50.2 Å². The van der Waals surface area contributed by atoms with Crippen molar-refractivity contribution in [3.05, 3.63) is 39.9 Å². The topological polar surface area (TPSA) is 80.1 Å². The molecular weight excluding hydrogens is 449 g/mol. The summed E-state index contributed by atoms with van der Waals surface area (Å²) in [4.78, 5) is 37.1. The van der Waals surface area contributed by atoms with Crippen LogP contribution in [0.15, 0.2) is 28.2 Å². The lowest BCUT2D eigenvalue weighted by Gasteiger charge is -2.25. The lowest BCUT2D eigenvalue weighted by Crippen LogP contribution is -2.29. The Morgan fingerprint density at radius 3 is 2.75 bits per heavy atom. The molecule has 32 heavy (non-hydrogen) atoms. The van der Waals surface area contributed by atoms with Crippen LogP contribution in [0.1, 0.15) is 38.2 Å². The second-order valence-corrected chi connectivity index (χ2v) is 9.77. The second-order valence-electron chi connectivity index (χ2n) is 7.85. The molecule has 10 heteroatoms. The van der Waals surface area contributed by atoms with Crippen LogP contribution in [0.2, 0.25) is 0 Å². The summed E-state index contributed by atoms with van der Waals surface area (Å²) >= 11 is 2.60. The van der Waals surface area contributed by atoms with Crippen molar-refractivity contribution in [3.63, 3.8) is 0 Å². The minimum atomic E-state index is -0.368. The van der Waals surface area contributed by atoms with Gasteiger partial charge in [0.05, 0.1) is 5.75 Å². The molecule has 0 unspecified atom stereocenters. The first-order valence-corrected chi connectivity index (χ1v) is 12.6. The van der Waals surface area contributed by atoms with E-state index >= 15 is 0 Å². The third-order valence-corrected chi connectivity index (χ3v) is 7.40. The van der Waals surface area contributed by atoms with Crippen LogP contribution in [0.5, 0.6) is 0 Å². The van der Waals surface area contributed by atoms with E-state index in [0.717, 1.165) is 37.5 Å². The SMILES string of the molecule is CCCn1c(SCC(=O)Nc2ccc(C)c(F)c2)nc2nc(N3CCCCC3)sc2c1=O. The molecule has 7 nitrogen and oxygen atoms in total. The Morgan fingerprint density at radius 2 is 2.03 bits per heavy atom. The number of carbonyl (C=O) groups is 1. The molecule has 1 aromatic carbocycles. The quantitative estimate of drug-likeness (QED) is 0.402. The number of thiazole rings is 1. The van der Waals surface area contributed by atoms with Crippen molar-refractivity contribution in [2.75, 3.05) is 29.1 Å². The van der Waals surface area contributed by atoms with E-state index < -0.39 is 0 Å². The molecule has 0 spiro atoms. The number of amides is 1. The van der Waals surface area contributed by atoms with Crippen molar-refractivity contribution in [2.24, 2.45) is 0 Å². The Kier molecular flexibility index (Phi) is 7.10. The van der Waals surface area contributed by atoms with E-state index in [1.165, 1.54) is 35.6 Å². The van der Waals surface area contributed by atoms with E-state index in [1.807, 2.05) is 6.92 Å². The molecule has 0 radical (unpaired) electrons. The Hall–Kier alpha value is -2.46. The van der Waals surface area contributed by atoms with Crippen LogP contribution in [0.25, 0.3) is 10.3 Å². The summed E-state index contributed by atoms with van der Waals surface area (Å²) in [7, 11) is 0. The number of aryl methyl sites for hydroxylation is 1. The molecule has 1 amide bonds. The molecular formula is C22H26FN5O2S2. The van der Waals surface area contributed by atoms with Crippen molar-refractivity contribution in [2.45, 2.75) is 51.2 Å². The van der Waals surface area contributed by atoms with Crippen LogP contribution in [-0.4, -0.2) is 39.3 Å². The van der Waals surface area contributed by atoms with E-state index in [4.69, 9.17) is 0 Å². The summed E-state index contributed by atoms with van der Waals surface area (Å²) in [5.74, 6) is -0.601. The molecule has 1 aliphatic rings. The number of anilines is 2. The van der Waals surface area contributed by atoms with Gasteiger partial charge >= 0.3 is 0 Å². The number of carbonyl (C=O) groups excluding carboxylic acids is 1. The zero-order chi connectivity index (χ0) is 22.7. The third kappa shape index (κ3) is 4.96. The van der Waals surface area contributed by atoms with Crippen molar-refractivity contribution in [1.29, 1.82) is 0 Å². The number of benzene rings is 1. The molecule has 0 atom stereocenters. The molecule has 1 aliphatic heterocycles. The Balaban J connectivity index is 1.54. The Morgan fingerprint density at radius 1 is 1.25 bits per heavy atom. The van der Waals surface area contributed by atoms with Crippen molar-refractivity contribution < 1.29 is 9.18 Å². The van der Waals surface area contributed by atoms with Gasteiger partial charge in [-0.05, 0) is 50.3 Å². The largest absolute Gasteiger partial charge is 0.348 e. The van der Waals surface area contributed by atoms with Crippen LogP contribution >= 0.6 is 23.1 Å². The molecule has 170 valence electrons. The van der Waals surface area contributed by atoms with Crippen molar-refractivity contribution in [3.8, 4) is 0 Å². The highest BCUT2D eigenvalue weighted by Gasteiger charge is 2.20. The normalized spacial score (nSPS) is 14.2. The van der Waals surface area contributed by atoms with Gasteiger partial charge in [-0.15, -0.1) is 0 Å². The Bertz CT molecular complexity index is 1190. The number of hydrogen-bond acceptors (Lipinski definition) is 7. The first kappa shape index (κ1) is 22.7. The van der Waals surface area contributed by atoms with Gasteiger partial charge in [0.15, 0.2) is 15.9 Å². The summed E-state index contributed by atoms with van der Waals surface area (Å²) in [6.07, 6.45) is 4.25. The summed E-state index contributed by atoms with van der Waals surface area (Å²) in [6, 6.07) is 4.58. The molecule has 1 fully saturated rings. The average Bonchev–Trinajstić information content (AvgIpc) is 3.22. The smallest absolute Gasteiger partial charge is 0.273 e. The van der Waals surface area contributed by atoms with Gasteiger partial charge in [0, 0.05) is 25.3 Å². The van der Waals surface area contributed by atoms with Gasteiger partial charge < -0.3 is 10.2 Å². The summed E-state index contributed by atoms with van der Waals surface area (Å²) in [6.45, 7) is 6.08. The fourth-order valence-electron chi connectivity index (χ4n) is 3.63. The van der Waals surface area contributed by atoms with E-state index in [-0.39, 0.29) is 23.0 Å². The number of piperidine rings is 1. The zero-order valence-corrected chi connectivity index (χ0v) is 19.8. The molecule has 2 aromatic heterocycles. The van der Waals surface area contributed by atoms with Gasteiger partial charge in [-0.3, -0.25) is 14.2 Å². The fourth-order valence-corrected chi connectivity index (χ4v) is 5.45. The minimum Gasteiger partial charge on any atom is -0.348 e. The van der Waals surface area contributed by atoms with Gasteiger partial charge in [-0.2, -0.15) is 4.98 Å². The Labute approximate surface area is 194 Å². The number of hydrogen-bond donors (Lipinski definition) is 1. The fraction of sp³-hybridized carbons (Fsp3) is 0.455. The highest BCUT2D eigenvalue weighted by molar-refractivity contribution is 7.99. The van der Waals surface area contributed by atoms with Gasteiger partial charge in [0.1, 0.15) is 10.5 Å². The molecule has 1 saturated heterocycles. The van der Waals surface area contributed by atoms with Crippen LogP contribution < -0.4 is 15.8 Å². The number of fused-ring (bicyclic) bond motifs is 1. The maximum absolute atomic E-state index is 13.7. The first-order chi connectivity index (χ1) is 15.5.